The molecular weight excluding hydrogens is 340 g/mol. The van der Waals surface area contributed by atoms with Crippen molar-refractivity contribution >= 4 is 37.3 Å². The summed E-state index contributed by atoms with van der Waals surface area (Å²) in [6.07, 6.45) is 0. The lowest BCUT2D eigenvalue weighted by molar-refractivity contribution is 0.601. The number of halogens is 1. The molecule has 2 rings (SSSR count). The van der Waals surface area contributed by atoms with Crippen molar-refractivity contribution in [2.45, 2.75) is 18.7 Å². The highest BCUT2D eigenvalue weighted by molar-refractivity contribution is 9.10. The highest BCUT2D eigenvalue weighted by Crippen LogP contribution is 2.26. The molecule has 0 radical (unpaired) electrons. The van der Waals surface area contributed by atoms with E-state index >= 15 is 0 Å². The Morgan fingerprint density at radius 2 is 1.75 bits per heavy atom. The minimum absolute atomic E-state index is 0.157. The zero-order valence-corrected chi connectivity index (χ0v) is 13.5. The summed E-state index contributed by atoms with van der Waals surface area (Å²) >= 11 is 3.22. The van der Waals surface area contributed by atoms with Crippen LogP contribution in [0.4, 0.5) is 11.4 Å². The molecule has 0 heterocycles. The van der Waals surface area contributed by atoms with Crippen LogP contribution in [0.3, 0.4) is 0 Å². The van der Waals surface area contributed by atoms with Gasteiger partial charge in [-0.2, -0.15) is 0 Å². The van der Waals surface area contributed by atoms with Crippen molar-refractivity contribution in [2.75, 3.05) is 10.5 Å². The maximum absolute atomic E-state index is 12.3. The Morgan fingerprint density at radius 1 is 1.05 bits per heavy atom. The largest absolute Gasteiger partial charge is 0.399 e. The van der Waals surface area contributed by atoms with E-state index in [1.807, 2.05) is 19.9 Å². The predicted octanol–water partition coefficient (Wildman–Crippen LogP) is 3.45. The molecule has 0 atom stereocenters. The van der Waals surface area contributed by atoms with Crippen LogP contribution < -0.4 is 10.5 Å². The van der Waals surface area contributed by atoms with E-state index in [4.69, 9.17) is 5.73 Å². The van der Waals surface area contributed by atoms with Crippen LogP contribution in [0.1, 0.15) is 11.1 Å². The first kappa shape index (κ1) is 14.9. The molecule has 0 aliphatic rings. The Balaban J connectivity index is 2.38. The number of aryl methyl sites for hydroxylation is 2. The molecule has 0 aromatic heterocycles. The fourth-order valence-corrected chi connectivity index (χ4v) is 3.90. The fourth-order valence-electron chi connectivity index (χ4n) is 1.75. The SMILES string of the molecule is Cc1ccc(NS(=O)(=O)c2ccc(N)cc2Br)cc1C. The van der Waals surface area contributed by atoms with Gasteiger partial charge in [0.2, 0.25) is 0 Å². The van der Waals surface area contributed by atoms with Crippen LogP contribution in [0.2, 0.25) is 0 Å². The van der Waals surface area contributed by atoms with Crippen LogP contribution >= 0.6 is 15.9 Å². The molecule has 20 heavy (non-hydrogen) atoms. The molecule has 0 bridgehead atoms. The molecule has 0 amide bonds. The first-order valence-corrected chi connectivity index (χ1v) is 8.22. The Bertz CT molecular complexity index is 758. The van der Waals surface area contributed by atoms with Gasteiger partial charge in [-0.05, 0) is 71.2 Å². The van der Waals surface area contributed by atoms with Crippen molar-refractivity contribution in [3.63, 3.8) is 0 Å². The zero-order valence-electron chi connectivity index (χ0n) is 11.1. The fraction of sp³-hybridized carbons (Fsp3) is 0.143. The van der Waals surface area contributed by atoms with Gasteiger partial charge in [-0.3, -0.25) is 4.72 Å². The van der Waals surface area contributed by atoms with Gasteiger partial charge in [-0.15, -0.1) is 0 Å². The number of anilines is 2. The molecule has 6 heteroatoms. The number of hydrogen-bond donors (Lipinski definition) is 2. The van der Waals surface area contributed by atoms with E-state index in [2.05, 4.69) is 20.7 Å². The van der Waals surface area contributed by atoms with Crippen LogP contribution in [-0.2, 0) is 10.0 Å². The van der Waals surface area contributed by atoms with Gasteiger partial charge in [-0.25, -0.2) is 8.42 Å². The number of nitrogens with two attached hydrogens (primary N) is 1. The Kier molecular flexibility index (Phi) is 4.06. The molecule has 0 unspecified atom stereocenters. The highest BCUT2D eigenvalue weighted by Gasteiger charge is 2.18. The van der Waals surface area contributed by atoms with E-state index in [0.717, 1.165) is 11.1 Å². The van der Waals surface area contributed by atoms with E-state index in [1.165, 1.54) is 6.07 Å². The summed E-state index contributed by atoms with van der Waals surface area (Å²) in [6, 6.07) is 10.0. The van der Waals surface area contributed by atoms with Gasteiger partial charge in [0, 0.05) is 15.8 Å². The van der Waals surface area contributed by atoms with Gasteiger partial charge in [-0.1, -0.05) is 6.07 Å². The maximum atomic E-state index is 12.3. The van der Waals surface area contributed by atoms with Crippen LogP contribution in [0.25, 0.3) is 0 Å². The van der Waals surface area contributed by atoms with E-state index < -0.39 is 10.0 Å². The lowest BCUT2D eigenvalue weighted by Crippen LogP contribution is -2.13. The molecule has 106 valence electrons. The van der Waals surface area contributed by atoms with Crippen LogP contribution in [0.5, 0.6) is 0 Å². The van der Waals surface area contributed by atoms with E-state index in [9.17, 15) is 8.42 Å². The number of rotatable bonds is 3. The van der Waals surface area contributed by atoms with Crippen LogP contribution in [0.15, 0.2) is 45.8 Å². The van der Waals surface area contributed by atoms with Gasteiger partial charge in [0.15, 0.2) is 0 Å². The summed E-state index contributed by atoms with van der Waals surface area (Å²) in [5, 5.41) is 0. The van der Waals surface area contributed by atoms with Crippen LogP contribution in [0, 0.1) is 13.8 Å². The third kappa shape index (κ3) is 3.13. The molecule has 0 aliphatic carbocycles. The molecule has 0 spiro atoms. The number of nitrogen functional groups attached to an aromatic ring is 1. The lowest BCUT2D eigenvalue weighted by Gasteiger charge is -2.11. The Labute approximate surface area is 127 Å². The average Bonchev–Trinajstić information content (AvgIpc) is 2.33. The summed E-state index contributed by atoms with van der Waals surface area (Å²) in [5.41, 5.74) is 8.80. The summed E-state index contributed by atoms with van der Waals surface area (Å²) in [7, 11) is -3.64. The van der Waals surface area contributed by atoms with Crippen molar-refractivity contribution in [3.8, 4) is 0 Å². The molecule has 3 N–H and O–H groups in total. The number of hydrogen-bond acceptors (Lipinski definition) is 3. The van der Waals surface area contributed by atoms with Gasteiger partial charge in [0.1, 0.15) is 4.90 Å². The summed E-state index contributed by atoms with van der Waals surface area (Å²) in [6.45, 7) is 3.91. The second kappa shape index (κ2) is 5.46. The zero-order chi connectivity index (χ0) is 14.9. The third-order valence-electron chi connectivity index (χ3n) is 3.00. The molecule has 4 nitrogen and oxygen atoms in total. The van der Waals surface area contributed by atoms with Crippen molar-refractivity contribution in [1.29, 1.82) is 0 Å². The average molecular weight is 355 g/mol. The first-order valence-electron chi connectivity index (χ1n) is 5.95. The molecule has 0 saturated carbocycles. The minimum Gasteiger partial charge on any atom is -0.399 e. The molecule has 0 fully saturated rings. The summed E-state index contributed by atoms with van der Waals surface area (Å²) < 4.78 is 27.7. The Hall–Kier alpha value is -1.53. The predicted molar refractivity (Wildman–Crippen MR) is 85.3 cm³/mol. The number of benzene rings is 2. The number of sulfonamides is 1. The third-order valence-corrected chi connectivity index (χ3v) is 5.36. The topological polar surface area (TPSA) is 72.2 Å². The van der Waals surface area contributed by atoms with Crippen molar-refractivity contribution < 1.29 is 8.42 Å². The number of nitrogens with one attached hydrogen (secondary N) is 1. The smallest absolute Gasteiger partial charge is 0.263 e. The van der Waals surface area contributed by atoms with Crippen molar-refractivity contribution in [2.24, 2.45) is 0 Å². The second-order valence-electron chi connectivity index (χ2n) is 4.59. The quantitative estimate of drug-likeness (QED) is 0.829. The molecule has 0 saturated heterocycles. The standard InChI is InChI=1S/C14H15BrN2O2S/c1-9-3-5-12(7-10(9)2)17-20(18,19)14-6-4-11(16)8-13(14)15/h3-8,17H,16H2,1-2H3. The van der Waals surface area contributed by atoms with Gasteiger partial charge >= 0.3 is 0 Å². The summed E-state index contributed by atoms with van der Waals surface area (Å²) in [4.78, 5) is 0.157. The van der Waals surface area contributed by atoms with Gasteiger partial charge in [0.25, 0.3) is 10.0 Å². The molecular formula is C14H15BrN2O2S. The van der Waals surface area contributed by atoms with Gasteiger partial charge < -0.3 is 5.73 Å². The normalized spacial score (nSPS) is 11.3. The monoisotopic (exact) mass is 354 g/mol. The van der Waals surface area contributed by atoms with Crippen LogP contribution in [-0.4, -0.2) is 8.42 Å². The van der Waals surface area contributed by atoms with E-state index in [-0.39, 0.29) is 4.90 Å². The maximum Gasteiger partial charge on any atom is 0.263 e. The van der Waals surface area contributed by atoms with Crippen molar-refractivity contribution in [3.05, 3.63) is 52.0 Å². The minimum atomic E-state index is -3.64. The lowest BCUT2D eigenvalue weighted by atomic mass is 10.1. The first-order chi connectivity index (χ1) is 9.29. The highest BCUT2D eigenvalue weighted by atomic mass is 79.9. The Morgan fingerprint density at radius 3 is 2.35 bits per heavy atom. The second-order valence-corrected chi connectivity index (χ2v) is 7.10. The van der Waals surface area contributed by atoms with Gasteiger partial charge in [0.05, 0.1) is 0 Å². The molecule has 2 aromatic rings. The molecule has 2 aromatic carbocycles. The van der Waals surface area contributed by atoms with E-state index in [1.54, 1.807) is 24.3 Å². The molecule has 0 aliphatic heterocycles. The van der Waals surface area contributed by atoms with Crippen molar-refractivity contribution in [1.82, 2.24) is 0 Å². The summed E-state index contributed by atoms with van der Waals surface area (Å²) in [5.74, 6) is 0. The van der Waals surface area contributed by atoms with E-state index in [0.29, 0.717) is 15.8 Å².